The number of rotatable bonds is 6. The summed E-state index contributed by atoms with van der Waals surface area (Å²) in [5.74, 6) is 1.58. The van der Waals surface area contributed by atoms with Crippen LogP contribution in [0.3, 0.4) is 0 Å². The van der Waals surface area contributed by atoms with Gasteiger partial charge in [-0.2, -0.15) is 0 Å². The van der Waals surface area contributed by atoms with E-state index in [1.807, 2.05) is 14.0 Å². The van der Waals surface area contributed by atoms with Crippen LogP contribution in [0.2, 0.25) is 0 Å². The number of anilines is 1. The molecule has 1 atom stereocenters. The highest BCUT2D eigenvalue weighted by Gasteiger charge is 2.30. The standard InChI is InChI=1S/C18H27N9OS/c1-12-14(24-28-23-12)9-27-16(19-5)15(22-25-27)17(20-10-18(2,3)4)26-7-6-13(8-26)21-11-29/h13,19H,6-10H2,1-5H3. The molecule has 2 aromatic heterocycles. The first kappa shape index (κ1) is 21.1. The van der Waals surface area contributed by atoms with Crippen molar-refractivity contribution in [1.82, 2.24) is 30.2 Å². The van der Waals surface area contributed by atoms with Crippen molar-refractivity contribution in [3.63, 3.8) is 0 Å². The molecule has 3 heterocycles. The number of aliphatic imine (C=N–C) groups is 2. The third kappa shape index (κ3) is 5.04. The maximum atomic E-state index is 4.93. The smallest absolute Gasteiger partial charge is 0.171 e. The maximum Gasteiger partial charge on any atom is 0.171 e. The molecule has 3 rings (SSSR count). The van der Waals surface area contributed by atoms with Crippen LogP contribution in [0.25, 0.3) is 0 Å². The third-order valence-electron chi connectivity index (χ3n) is 4.63. The topological polar surface area (TPSA) is 110 Å². The van der Waals surface area contributed by atoms with Crippen LogP contribution < -0.4 is 5.32 Å². The molecule has 0 saturated carbocycles. The normalized spacial score (nSPS) is 17.5. The molecule has 0 aromatic carbocycles. The Balaban J connectivity index is 1.95. The van der Waals surface area contributed by atoms with Gasteiger partial charge in [-0.1, -0.05) is 36.3 Å². The molecule has 0 aliphatic carbocycles. The van der Waals surface area contributed by atoms with Crippen LogP contribution in [-0.2, 0) is 6.54 Å². The highest BCUT2D eigenvalue weighted by Crippen LogP contribution is 2.23. The van der Waals surface area contributed by atoms with Gasteiger partial charge in [0.15, 0.2) is 17.3 Å². The van der Waals surface area contributed by atoms with Crippen LogP contribution in [0.1, 0.15) is 44.3 Å². The van der Waals surface area contributed by atoms with E-state index in [1.54, 1.807) is 4.68 Å². The van der Waals surface area contributed by atoms with Gasteiger partial charge in [-0.05, 0) is 31.0 Å². The molecule has 1 fully saturated rings. The van der Waals surface area contributed by atoms with Crippen LogP contribution in [0.15, 0.2) is 14.6 Å². The first-order valence-corrected chi connectivity index (χ1v) is 9.99. The van der Waals surface area contributed by atoms with Gasteiger partial charge in [0, 0.05) is 26.7 Å². The molecule has 11 heteroatoms. The number of hydrogen-bond acceptors (Lipinski definition) is 9. The number of nitrogens with one attached hydrogen (secondary N) is 1. The van der Waals surface area contributed by atoms with Gasteiger partial charge in [-0.3, -0.25) is 4.99 Å². The minimum absolute atomic E-state index is 0.0518. The monoisotopic (exact) mass is 417 g/mol. The number of isothiocyanates is 1. The Morgan fingerprint density at radius 1 is 1.38 bits per heavy atom. The summed E-state index contributed by atoms with van der Waals surface area (Å²) in [4.78, 5) is 11.4. The zero-order valence-electron chi connectivity index (χ0n) is 17.5. The highest BCUT2D eigenvalue weighted by molar-refractivity contribution is 7.78. The predicted octanol–water partition coefficient (Wildman–Crippen LogP) is 2.03. The second-order valence-corrected chi connectivity index (χ2v) is 8.48. The van der Waals surface area contributed by atoms with Crippen molar-refractivity contribution in [1.29, 1.82) is 0 Å². The first-order valence-electron chi connectivity index (χ1n) is 9.58. The van der Waals surface area contributed by atoms with Gasteiger partial charge in [0.1, 0.15) is 11.4 Å². The zero-order valence-corrected chi connectivity index (χ0v) is 18.3. The van der Waals surface area contributed by atoms with E-state index in [0.29, 0.717) is 24.5 Å². The molecule has 0 bridgehead atoms. The maximum absolute atomic E-state index is 4.93. The molecule has 29 heavy (non-hydrogen) atoms. The molecule has 1 aliphatic heterocycles. The lowest BCUT2D eigenvalue weighted by molar-refractivity contribution is 0.300. The Kier molecular flexibility index (Phi) is 6.39. The van der Waals surface area contributed by atoms with Crippen molar-refractivity contribution in [3.8, 4) is 0 Å². The van der Waals surface area contributed by atoms with Crippen molar-refractivity contribution >= 4 is 29.0 Å². The summed E-state index contributed by atoms with van der Waals surface area (Å²) in [5.41, 5.74) is 2.20. The molecule has 1 N–H and O–H groups in total. The fourth-order valence-corrected chi connectivity index (χ4v) is 3.26. The molecule has 0 spiro atoms. The Morgan fingerprint density at radius 2 is 2.17 bits per heavy atom. The van der Waals surface area contributed by atoms with E-state index >= 15 is 0 Å². The summed E-state index contributed by atoms with van der Waals surface area (Å²) in [6.07, 6.45) is 0.908. The number of aryl methyl sites for hydroxylation is 1. The minimum Gasteiger partial charge on any atom is -0.371 e. The Bertz CT molecular complexity index is 920. The summed E-state index contributed by atoms with van der Waals surface area (Å²) in [6, 6.07) is 0.129. The van der Waals surface area contributed by atoms with Crippen LogP contribution in [-0.4, -0.2) is 73.9 Å². The minimum atomic E-state index is 0.0518. The summed E-state index contributed by atoms with van der Waals surface area (Å²) in [6.45, 7) is 11.0. The quantitative estimate of drug-likeness (QED) is 0.432. The molecule has 2 aromatic rings. The van der Waals surface area contributed by atoms with Crippen molar-refractivity contribution < 1.29 is 4.63 Å². The van der Waals surface area contributed by atoms with Gasteiger partial charge in [0.05, 0.1) is 17.7 Å². The van der Waals surface area contributed by atoms with Gasteiger partial charge in [0.25, 0.3) is 0 Å². The summed E-state index contributed by atoms with van der Waals surface area (Å²) < 4.78 is 6.55. The van der Waals surface area contributed by atoms with E-state index < -0.39 is 0 Å². The second-order valence-electron chi connectivity index (χ2n) is 8.30. The molecule has 0 radical (unpaired) electrons. The lowest BCUT2D eigenvalue weighted by Crippen LogP contribution is -2.32. The molecule has 156 valence electrons. The van der Waals surface area contributed by atoms with E-state index in [2.05, 4.69) is 61.8 Å². The van der Waals surface area contributed by atoms with Crippen molar-refractivity contribution in [2.24, 2.45) is 15.4 Å². The van der Waals surface area contributed by atoms with Gasteiger partial charge in [-0.15, -0.1) is 5.10 Å². The van der Waals surface area contributed by atoms with Crippen molar-refractivity contribution in [3.05, 3.63) is 17.1 Å². The molecule has 1 saturated heterocycles. The molecular weight excluding hydrogens is 390 g/mol. The first-order chi connectivity index (χ1) is 13.8. The van der Waals surface area contributed by atoms with E-state index in [1.165, 1.54) is 0 Å². The number of amidine groups is 1. The second kappa shape index (κ2) is 8.79. The molecule has 0 amide bonds. The van der Waals surface area contributed by atoms with E-state index in [4.69, 9.17) is 21.8 Å². The third-order valence-corrected chi connectivity index (χ3v) is 4.74. The number of aromatic nitrogens is 5. The van der Waals surface area contributed by atoms with E-state index in [9.17, 15) is 0 Å². The summed E-state index contributed by atoms with van der Waals surface area (Å²) in [5, 5.41) is 22.3. The summed E-state index contributed by atoms with van der Waals surface area (Å²) in [7, 11) is 1.84. The van der Waals surface area contributed by atoms with Crippen molar-refractivity contribution in [2.75, 3.05) is 32.0 Å². The highest BCUT2D eigenvalue weighted by atomic mass is 32.1. The lowest BCUT2D eigenvalue weighted by atomic mass is 9.97. The number of likely N-dealkylation sites (tertiary alicyclic amines) is 1. The van der Waals surface area contributed by atoms with Gasteiger partial charge >= 0.3 is 0 Å². The Hall–Kier alpha value is -2.65. The Morgan fingerprint density at radius 3 is 2.79 bits per heavy atom. The van der Waals surface area contributed by atoms with E-state index in [-0.39, 0.29) is 11.5 Å². The fourth-order valence-electron chi connectivity index (χ4n) is 3.11. The molecule has 10 nitrogen and oxygen atoms in total. The van der Waals surface area contributed by atoms with Gasteiger partial charge < -0.3 is 10.2 Å². The molecule has 1 unspecified atom stereocenters. The molecular formula is C18H27N9OS. The Labute approximate surface area is 175 Å². The lowest BCUT2D eigenvalue weighted by Gasteiger charge is -2.22. The summed E-state index contributed by atoms with van der Waals surface area (Å²) >= 11 is 4.77. The fraction of sp³-hybridized carbons (Fsp3) is 0.667. The van der Waals surface area contributed by atoms with E-state index in [0.717, 1.165) is 36.9 Å². The SMILES string of the molecule is CNc1c(C(=NCC(C)(C)C)N2CCC(N=C=S)C2)nnn1Cc1nonc1C. The largest absolute Gasteiger partial charge is 0.371 e. The molecule has 1 aliphatic rings. The van der Waals surface area contributed by atoms with Crippen LogP contribution in [0, 0.1) is 12.3 Å². The van der Waals surface area contributed by atoms with Crippen molar-refractivity contribution in [2.45, 2.75) is 46.7 Å². The van der Waals surface area contributed by atoms with Gasteiger partial charge in [0.2, 0.25) is 0 Å². The number of thiocarbonyl (C=S) groups is 1. The number of nitrogens with zero attached hydrogens (tertiary/aromatic N) is 8. The van der Waals surface area contributed by atoms with Crippen LogP contribution in [0.5, 0.6) is 0 Å². The van der Waals surface area contributed by atoms with Gasteiger partial charge in [-0.25, -0.2) is 14.3 Å². The van der Waals surface area contributed by atoms with Crippen LogP contribution >= 0.6 is 12.2 Å². The zero-order chi connectivity index (χ0) is 21.0. The number of hydrogen-bond donors (Lipinski definition) is 1. The average molecular weight is 418 g/mol. The predicted molar refractivity (Wildman–Crippen MR) is 114 cm³/mol. The average Bonchev–Trinajstić information content (AvgIpc) is 3.37. The van der Waals surface area contributed by atoms with Crippen LogP contribution in [0.4, 0.5) is 5.82 Å².